The van der Waals surface area contributed by atoms with E-state index in [2.05, 4.69) is 17.1 Å². The number of benzene rings is 4. The fraction of sp³-hybridized carbons (Fsp3) is 0. The van der Waals surface area contributed by atoms with Crippen LogP contribution in [-0.2, 0) is 0 Å². The standard InChI is InChI=1S/C23H14FNO/c24-18-10-11-19-16(12-18)8-9-17-14-25-23(13-21(17)19)26-22-7-3-5-15-4-1-2-6-20(15)22/h1-14H. The van der Waals surface area contributed by atoms with Crippen molar-refractivity contribution in [2.75, 3.05) is 0 Å². The van der Waals surface area contributed by atoms with Crippen LogP contribution in [0, 0.1) is 5.82 Å². The van der Waals surface area contributed by atoms with Crippen molar-refractivity contribution in [3.8, 4) is 11.6 Å². The Hall–Kier alpha value is -3.46. The number of aromatic nitrogens is 1. The third-order valence-electron chi connectivity index (χ3n) is 4.62. The van der Waals surface area contributed by atoms with E-state index in [1.54, 1.807) is 18.3 Å². The quantitative estimate of drug-likeness (QED) is 0.344. The van der Waals surface area contributed by atoms with Gasteiger partial charge in [0.05, 0.1) is 0 Å². The monoisotopic (exact) mass is 339 g/mol. The van der Waals surface area contributed by atoms with Crippen LogP contribution in [0.15, 0.2) is 85.1 Å². The third kappa shape index (κ3) is 2.45. The van der Waals surface area contributed by atoms with E-state index in [1.165, 1.54) is 6.07 Å². The van der Waals surface area contributed by atoms with Crippen molar-refractivity contribution in [3.63, 3.8) is 0 Å². The number of nitrogens with zero attached hydrogens (tertiary/aromatic N) is 1. The number of hydrogen-bond donors (Lipinski definition) is 0. The fourth-order valence-corrected chi connectivity index (χ4v) is 3.36. The average Bonchev–Trinajstić information content (AvgIpc) is 2.68. The van der Waals surface area contributed by atoms with Crippen LogP contribution in [-0.4, -0.2) is 4.98 Å². The van der Waals surface area contributed by atoms with E-state index in [4.69, 9.17) is 4.74 Å². The van der Waals surface area contributed by atoms with Crippen LogP contribution in [0.5, 0.6) is 11.6 Å². The minimum absolute atomic E-state index is 0.238. The summed E-state index contributed by atoms with van der Waals surface area (Å²) in [5, 5.41) is 5.99. The van der Waals surface area contributed by atoms with E-state index in [0.717, 1.165) is 38.1 Å². The van der Waals surface area contributed by atoms with Gasteiger partial charge >= 0.3 is 0 Å². The van der Waals surface area contributed by atoms with Gasteiger partial charge < -0.3 is 4.74 Å². The van der Waals surface area contributed by atoms with Gasteiger partial charge in [0.1, 0.15) is 11.6 Å². The fourth-order valence-electron chi connectivity index (χ4n) is 3.36. The Morgan fingerprint density at radius 3 is 2.46 bits per heavy atom. The Morgan fingerprint density at radius 2 is 1.50 bits per heavy atom. The molecule has 0 saturated carbocycles. The largest absolute Gasteiger partial charge is 0.438 e. The highest BCUT2D eigenvalue weighted by Crippen LogP contribution is 2.32. The predicted octanol–water partition coefficient (Wildman–Crippen LogP) is 6.47. The zero-order valence-electron chi connectivity index (χ0n) is 13.8. The second-order valence-electron chi connectivity index (χ2n) is 6.25. The molecule has 0 aliphatic heterocycles. The van der Waals surface area contributed by atoms with Gasteiger partial charge in [0, 0.05) is 23.0 Å². The summed E-state index contributed by atoms with van der Waals surface area (Å²) in [4.78, 5) is 4.44. The summed E-state index contributed by atoms with van der Waals surface area (Å²) in [6.45, 7) is 0. The van der Waals surface area contributed by atoms with Crippen LogP contribution in [0.2, 0.25) is 0 Å². The van der Waals surface area contributed by atoms with E-state index in [-0.39, 0.29) is 5.82 Å². The molecule has 0 radical (unpaired) electrons. The first kappa shape index (κ1) is 14.8. The van der Waals surface area contributed by atoms with Crippen molar-refractivity contribution < 1.29 is 9.13 Å². The second-order valence-corrected chi connectivity index (χ2v) is 6.25. The first-order valence-electron chi connectivity index (χ1n) is 8.42. The molecule has 4 aromatic carbocycles. The van der Waals surface area contributed by atoms with Crippen molar-refractivity contribution >= 4 is 32.3 Å². The van der Waals surface area contributed by atoms with Crippen LogP contribution in [0.3, 0.4) is 0 Å². The number of halogens is 1. The lowest BCUT2D eigenvalue weighted by atomic mass is 10.0. The molecule has 1 heterocycles. The molecule has 0 aliphatic carbocycles. The maximum absolute atomic E-state index is 13.5. The lowest BCUT2D eigenvalue weighted by Crippen LogP contribution is -1.90. The molecule has 5 aromatic rings. The highest BCUT2D eigenvalue weighted by molar-refractivity contribution is 6.07. The third-order valence-corrected chi connectivity index (χ3v) is 4.62. The van der Waals surface area contributed by atoms with Gasteiger partial charge in [-0.1, -0.05) is 54.6 Å². The van der Waals surface area contributed by atoms with Gasteiger partial charge in [0.25, 0.3) is 0 Å². The topological polar surface area (TPSA) is 22.1 Å². The van der Waals surface area contributed by atoms with E-state index >= 15 is 0 Å². The minimum atomic E-state index is -0.238. The Kier molecular flexibility index (Phi) is 3.32. The molecule has 5 rings (SSSR count). The van der Waals surface area contributed by atoms with Gasteiger partial charge in [-0.05, 0) is 39.7 Å². The molecule has 0 aliphatic rings. The summed E-state index contributed by atoms with van der Waals surface area (Å²) in [5.74, 6) is 1.05. The SMILES string of the molecule is Fc1ccc2c(ccc3cnc(Oc4cccc5ccccc45)cc32)c1. The highest BCUT2D eigenvalue weighted by atomic mass is 19.1. The Morgan fingerprint density at radius 1 is 0.654 bits per heavy atom. The Balaban J connectivity index is 1.66. The van der Waals surface area contributed by atoms with Gasteiger partial charge in [-0.15, -0.1) is 0 Å². The summed E-state index contributed by atoms with van der Waals surface area (Å²) < 4.78 is 19.6. The van der Waals surface area contributed by atoms with Crippen LogP contribution in [0.4, 0.5) is 4.39 Å². The number of hydrogen-bond acceptors (Lipinski definition) is 2. The van der Waals surface area contributed by atoms with Gasteiger partial charge in [-0.3, -0.25) is 0 Å². The molecule has 0 N–H and O–H groups in total. The van der Waals surface area contributed by atoms with Gasteiger partial charge in [0.2, 0.25) is 5.88 Å². The molecule has 1 aromatic heterocycles. The molecule has 26 heavy (non-hydrogen) atoms. The van der Waals surface area contributed by atoms with Crippen molar-refractivity contribution in [2.24, 2.45) is 0 Å². The summed E-state index contributed by atoms with van der Waals surface area (Å²) in [5.41, 5.74) is 0. The van der Waals surface area contributed by atoms with E-state index in [0.29, 0.717) is 5.88 Å². The molecule has 2 nitrogen and oxygen atoms in total. The molecule has 0 atom stereocenters. The first-order chi connectivity index (χ1) is 12.8. The Labute approximate surface area is 149 Å². The number of ether oxygens (including phenoxy) is 1. The maximum Gasteiger partial charge on any atom is 0.219 e. The molecule has 124 valence electrons. The molecule has 3 heteroatoms. The molecule has 0 spiro atoms. The number of rotatable bonds is 2. The first-order valence-corrected chi connectivity index (χ1v) is 8.42. The Bertz CT molecular complexity index is 1270. The summed E-state index contributed by atoms with van der Waals surface area (Å²) in [7, 11) is 0. The maximum atomic E-state index is 13.5. The van der Waals surface area contributed by atoms with Crippen molar-refractivity contribution in [1.82, 2.24) is 4.98 Å². The van der Waals surface area contributed by atoms with Gasteiger partial charge in [-0.25, -0.2) is 9.37 Å². The molecule has 0 bridgehead atoms. The summed E-state index contributed by atoms with van der Waals surface area (Å²) >= 11 is 0. The van der Waals surface area contributed by atoms with E-state index in [1.807, 2.05) is 48.5 Å². The van der Waals surface area contributed by atoms with Crippen molar-refractivity contribution in [3.05, 3.63) is 90.9 Å². The summed E-state index contributed by atoms with van der Waals surface area (Å²) in [6, 6.07) is 24.6. The normalized spacial score (nSPS) is 11.3. The smallest absolute Gasteiger partial charge is 0.219 e. The van der Waals surface area contributed by atoms with E-state index in [9.17, 15) is 4.39 Å². The van der Waals surface area contributed by atoms with Crippen molar-refractivity contribution in [1.29, 1.82) is 0 Å². The summed E-state index contributed by atoms with van der Waals surface area (Å²) in [6.07, 6.45) is 1.79. The van der Waals surface area contributed by atoms with E-state index < -0.39 is 0 Å². The highest BCUT2D eigenvalue weighted by Gasteiger charge is 2.07. The van der Waals surface area contributed by atoms with Crippen LogP contribution in [0.1, 0.15) is 0 Å². The minimum Gasteiger partial charge on any atom is -0.438 e. The molecular weight excluding hydrogens is 325 g/mol. The predicted molar refractivity (Wildman–Crippen MR) is 103 cm³/mol. The number of fused-ring (bicyclic) bond motifs is 4. The average molecular weight is 339 g/mol. The van der Waals surface area contributed by atoms with Crippen LogP contribution >= 0.6 is 0 Å². The van der Waals surface area contributed by atoms with Gasteiger partial charge in [-0.2, -0.15) is 0 Å². The van der Waals surface area contributed by atoms with Crippen molar-refractivity contribution in [2.45, 2.75) is 0 Å². The second kappa shape index (κ2) is 5.81. The molecular formula is C23H14FNO. The zero-order valence-corrected chi connectivity index (χ0v) is 13.8. The zero-order chi connectivity index (χ0) is 17.5. The molecule has 0 saturated heterocycles. The van der Waals surface area contributed by atoms with Gasteiger partial charge in [0.15, 0.2) is 0 Å². The molecule has 0 amide bonds. The lowest BCUT2D eigenvalue weighted by Gasteiger charge is -2.10. The number of pyridine rings is 1. The van der Waals surface area contributed by atoms with Crippen LogP contribution in [0.25, 0.3) is 32.3 Å². The van der Waals surface area contributed by atoms with Crippen LogP contribution < -0.4 is 4.74 Å². The molecule has 0 fully saturated rings. The lowest BCUT2D eigenvalue weighted by molar-refractivity contribution is 0.469. The molecule has 0 unspecified atom stereocenters.